The van der Waals surface area contributed by atoms with Gasteiger partial charge in [0, 0.05) is 12.0 Å². The molecule has 0 saturated carbocycles. The lowest BCUT2D eigenvalue weighted by molar-refractivity contribution is -0.137. The summed E-state index contributed by atoms with van der Waals surface area (Å²) in [4.78, 5) is 11.6. The third-order valence-corrected chi connectivity index (χ3v) is 15.2. The molecule has 0 aromatic heterocycles. The molecule has 0 aromatic carbocycles. The fraction of sp³-hybridized carbons (Fsp3) is 0.812. The molecule has 4 nitrogen and oxygen atoms in total. The first-order chi connectivity index (χ1) is 11.5. The Morgan fingerprint density at radius 1 is 1.00 bits per heavy atom. The van der Waals surface area contributed by atoms with Crippen LogP contribution in [-0.2, 0) is 17.8 Å². The molecule has 0 heterocycles. The molecule has 0 spiro atoms. The van der Waals surface area contributed by atoms with E-state index in [4.69, 9.17) is 13.0 Å². The predicted molar refractivity (Wildman–Crippen MR) is 105 cm³/mol. The number of hydrogen-bond acceptors (Lipinski definition) is 4. The maximum absolute atomic E-state index is 12.6. The summed E-state index contributed by atoms with van der Waals surface area (Å²) in [5.41, 5.74) is 0.320. The summed E-state index contributed by atoms with van der Waals surface area (Å²) in [7, 11) is -7.60. The predicted octanol–water partition coefficient (Wildman–Crippen LogP) is 5.52. The largest absolute Gasteiger partial charge is 0.463 e. The van der Waals surface area contributed by atoms with Crippen LogP contribution in [0, 0.1) is 0 Å². The molecule has 154 valence electrons. The molecule has 0 amide bonds. The lowest BCUT2D eigenvalue weighted by atomic mass is 10.4. The Morgan fingerprint density at radius 3 is 1.92 bits per heavy atom. The second-order valence-corrected chi connectivity index (χ2v) is 20.3. The number of esters is 1. The van der Waals surface area contributed by atoms with Crippen LogP contribution in [0.2, 0.25) is 44.8 Å². The zero-order valence-electron chi connectivity index (χ0n) is 17.0. The third-order valence-electron chi connectivity index (χ3n) is 3.60. The topological polar surface area (TPSA) is 44.8 Å². The van der Waals surface area contributed by atoms with E-state index < -0.39 is 43.8 Å². The van der Waals surface area contributed by atoms with Crippen molar-refractivity contribution >= 4 is 31.2 Å². The van der Waals surface area contributed by atoms with E-state index in [1.54, 1.807) is 20.0 Å². The van der Waals surface area contributed by atoms with Crippen LogP contribution in [0.4, 0.5) is 13.2 Å². The van der Waals surface area contributed by atoms with Crippen molar-refractivity contribution < 1.29 is 30.9 Å². The number of ether oxygens (including phenoxy) is 1. The summed E-state index contributed by atoms with van der Waals surface area (Å²) < 4.78 is 55.6. The van der Waals surface area contributed by atoms with E-state index in [2.05, 4.69) is 6.58 Å². The van der Waals surface area contributed by atoms with Gasteiger partial charge in [0.05, 0.1) is 0 Å². The second-order valence-electron chi connectivity index (χ2n) is 8.08. The molecule has 26 heavy (non-hydrogen) atoms. The van der Waals surface area contributed by atoms with E-state index in [0.717, 1.165) is 6.42 Å². The lowest BCUT2D eigenvalue weighted by Gasteiger charge is -2.40. The fourth-order valence-electron chi connectivity index (χ4n) is 2.63. The van der Waals surface area contributed by atoms with E-state index >= 15 is 0 Å². The zero-order chi connectivity index (χ0) is 20.8. The van der Waals surface area contributed by atoms with Gasteiger partial charge in [0.25, 0.3) is 0 Å². The Bertz CT molecular complexity index is 496. The number of alkyl halides is 3. The lowest BCUT2D eigenvalue weighted by Crippen LogP contribution is -2.56. The number of hydrogen-bond donors (Lipinski definition) is 0. The molecule has 0 radical (unpaired) electrons. The van der Waals surface area contributed by atoms with E-state index in [0.29, 0.717) is 11.6 Å². The van der Waals surface area contributed by atoms with Gasteiger partial charge >= 0.3 is 20.7 Å². The van der Waals surface area contributed by atoms with Crippen LogP contribution < -0.4 is 0 Å². The average Bonchev–Trinajstić information content (AvgIpc) is 2.40. The zero-order valence-corrected chi connectivity index (χ0v) is 20.0. The molecular formula is C16H33F3O4Si3. The van der Waals surface area contributed by atoms with Crippen molar-refractivity contribution in [1.29, 1.82) is 0 Å². The minimum Gasteiger partial charge on any atom is -0.463 e. The van der Waals surface area contributed by atoms with Crippen LogP contribution in [-0.4, -0.2) is 43.6 Å². The van der Waals surface area contributed by atoms with Gasteiger partial charge in [0.1, 0.15) is 6.23 Å². The van der Waals surface area contributed by atoms with Gasteiger partial charge in [-0.3, -0.25) is 0 Å². The smallest absolute Gasteiger partial charge is 0.388 e. The van der Waals surface area contributed by atoms with Crippen LogP contribution in [0.25, 0.3) is 0 Å². The summed E-state index contributed by atoms with van der Waals surface area (Å²) in [5, 5.41) is 0. The third kappa shape index (κ3) is 11.3. The van der Waals surface area contributed by atoms with Gasteiger partial charge in [-0.1, -0.05) is 19.9 Å². The molecular weight excluding hydrogens is 397 g/mol. The van der Waals surface area contributed by atoms with E-state index in [9.17, 15) is 18.0 Å². The Kier molecular flexibility index (Phi) is 9.51. The van der Waals surface area contributed by atoms with Crippen molar-refractivity contribution in [1.82, 2.24) is 0 Å². The Morgan fingerprint density at radius 2 is 1.50 bits per heavy atom. The standard InChI is InChI=1S/C16H33F3O4Si3/c1-9-11-26(8,22-24(4,5)12-10-16(17,18)19)23-25(6,7)13-21-15(20)14(2)3/h2,9-13H2,1,3-8H3. The van der Waals surface area contributed by atoms with Gasteiger partial charge in [-0.05, 0) is 51.7 Å². The first-order valence-electron chi connectivity index (χ1n) is 8.81. The van der Waals surface area contributed by atoms with Crippen LogP contribution in [0.5, 0.6) is 0 Å². The molecule has 0 rings (SSSR count). The molecule has 0 N–H and O–H groups in total. The number of rotatable bonds is 11. The minimum atomic E-state index is -4.18. The Labute approximate surface area is 158 Å². The van der Waals surface area contributed by atoms with Gasteiger partial charge in [-0.25, -0.2) is 4.79 Å². The van der Waals surface area contributed by atoms with Crippen molar-refractivity contribution in [3.05, 3.63) is 12.2 Å². The maximum Gasteiger partial charge on any atom is 0.388 e. The Hall–Kier alpha value is -0.429. The van der Waals surface area contributed by atoms with Crippen LogP contribution >= 0.6 is 0 Å². The van der Waals surface area contributed by atoms with Gasteiger partial charge in [0.15, 0.2) is 8.32 Å². The summed E-state index contributed by atoms with van der Waals surface area (Å²) >= 11 is 0. The van der Waals surface area contributed by atoms with Crippen LogP contribution in [0.3, 0.4) is 0 Å². The highest BCUT2D eigenvalue weighted by molar-refractivity contribution is 6.88. The van der Waals surface area contributed by atoms with Crippen molar-refractivity contribution in [2.45, 2.75) is 77.7 Å². The average molecular weight is 431 g/mol. The molecule has 0 bridgehead atoms. The highest BCUT2D eigenvalue weighted by Gasteiger charge is 2.44. The molecule has 0 saturated heterocycles. The molecule has 0 aliphatic carbocycles. The highest BCUT2D eigenvalue weighted by Crippen LogP contribution is 2.31. The fourth-order valence-corrected chi connectivity index (χ4v) is 16.3. The molecule has 10 heteroatoms. The first-order valence-corrected chi connectivity index (χ1v) is 17.6. The molecule has 0 aromatic rings. The molecule has 0 fully saturated rings. The van der Waals surface area contributed by atoms with Gasteiger partial charge in [-0.15, -0.1) is 0 Å². The van der Waals surface area contributed by atoms with Crippen molar-refractivity contribution in [3.8, 4) is 0 Å². The summed E-state index contributed by atoms with van der Waals surface area (Å²) in [6, 6.07) is 0.707. The van der Waals surface area contributed by atoms with E-state index in [-0.39, 0.29) is 12.3 Å². The summed E-state index contributed by atoms with van der Waals surface area (Å²) in [6.45, 7) is 16.5. The number of carbonyl (C=O) groups is 1. The quantitative estimate of drug-likeness (QED) is 0.246. The van der Waals surface area contributed by atoms with Crippen LogP contribution in [0.1, 0.15) is 26.7 Å². The first kappa shape index (κ1) is 25.6. The van der Waals surface area contributed by atoms with Gasteiger partial charge in [-0.2, -0.15) is 13.2 Å². The monoisotopic (exact) mass is 430 g/mol. The normalized spacial score (nSPS) is 15.5. The number of carbonyl (C=O) groups excluding carboxylic acids is 1. The van der Waals surface area contributed by atoms with E-state index in [1.165, 1.54) is 0 Å². The highest BCUT2D eigenvalue weighted by atomic mass is 28.5. The molecule has 1 atom stereocenters. The van der Waals surface area contributed by atoms with Gasteiger partial charge in [0.2, 0.25) is 8.32 Å². The van der Waals surface area contributed by atoms with Crippen molar-refractivity contribution in [2.75, 3.05) is 6.23 Å². The van der Waals surface area contributed by atoms with E-state index in [1.807, 2.05) is 26.6 Å². The maximum atomic E-state index is 12.6. The van der Waals surface area contributed by atoms with Crippen molar-refractivity contribution in [2.24, 2.45) is 0 Å². The summed E-state index contributed by atoms with van der Waals surface area (Å²) in [5.74, 6) is -0.464. The molecule has 0 aliphatic heterocycles. The SMILES string of the molecule is C=C(C)C(=O)OC[Si](C)(C)O[Si](C)(CCC)O[Si](C)(C)CCC(F)(F)F. The number of halogens is 3. The minimum absolute atomic E-state index is 0.0127. The van der Waals surface area contributed by atoms with Gasteiger partial charge < -0.3 is 13.0 Å². The summed E-state index contributed by atoms with van der Waals surface area (Å²) in [6.07, 6.45) is -4.02. The Balaban J connectivity index is 5.04. The second kappa shape index (κ2) is 9.67. The van der Waals surface area contributed by atoms with Crippen molar-refractivity contribution in [3.63, 3.8) is 0 Å². The van der Waals surface area contributed by atoms with Crippen LogP contribution in [0.15, 0.2) is 12.2 Å². The molecule has 0 aliphatic rings. The molecule has 1 unspecified atom stereocenters.